The number of halogens is 1. The number of carbonyl (C=O) groups is 1. The normalized spacial score (nSPS) is 15.2. The summed E-state index contributed by atoms with van der Waals surface area (Å²) in [5.74, 6) is 0.0398. The Morgan fingerprint density at radius 1 is 1.16 bits per heavy atom. The molecule has 1 saturated heterocycles. The lowest BCUT2D eigenvalue weighted by molar-refractivity contribution is -0.122. The molecule has 0 spiro atoms. The lowest BCUT2D eigenvalue weighted by Gasteiger charge is -2.32. The van der Waals surface area contributed by atoms with Crippen molar-refractivity contribution in [2.45, 2.75) is 44.8 Å². The molecule has 2 N–H and O–H groups in total. The molecule has 0 aliphatic carbocycles. The van der Waals surface area contributed by atoms with Crippen LogP contribution in [0.5, 0.6) is 0 Å². The third-order valence-electron chi connectivity index (χ3n) is 5.93. The monoisotopic (exact) mass is 514 g/mol. The number of aromatic amines is 1. The van der Waals surface area contributed by atoms with Crippen molar-refractivity contribution in [3.8, 4) is 0 Å². The largest absolute Gasteiger partial charge is 0.353 e. The number of benzene rings is 2. The van der Waals surface area contributed by atoms with Gasteiger partial charge in [0, 0.05) is 43.1 Å². The van der Waals surface area contributed by atoms with Crippen LogP contribution in [0.25, 0.3) is 10.9 Å². The fourth-order valence-electron chi connectivity index (χ4n) is 4.20. The van der Waals surface area contributed by atoms with Gasteiger partial charge in [-0.15, -0.1) is 0 Å². The molecular weight excluding hydrogens is 488 g/mol. The first-order valence-corrected chi connectivity index (χ1v) is 12.2. The molecule has 0 radical (unpaired) electrons. The first kappa shape index (κ1) is 22.9. The van der Waals surface area contributed by atoms with Gasteiger partial charge in [0.1, 0.15) is 0 Å². The van der Waals surface area contributed by atoms with Gasteiger partial charge in [-0.2, -0.15) is 0 Å². The second-order valence-electron chi connectivity index (χ2n) is 8.28. The highest BCUT2D eigenvalue weighted by molar-refractivity contribution is 9.10. The third kappa shape index (κ3) is 5.74. The molecule has 2 heterocycles. The number of fused-ring (bicyclic) bond motifs is 1. The Balaban J connectivity index is 1.25. The molecule has 4 rings (SSSR count). The van der Waals surface area contributed by atoms with Crippen LogP contribution in [0.4, 0.5) is 0 Å². The maximum Gasteiger partial charge on any atom is 0.262 e. The van der Waals surface area contributed by atoms with Crippen molar-refractivity contribution in [2.24, 2.45) is 0 Å². The Morgan fingerprint density at radius 2 is 1.91 bits per heavy atom. The van der Waals surface area contributed by atoms with Gasteiger partial charge in [-0.25, -0.2) is 0 Å². The van der Waals surface area contributed by atoms with E-state index in [9.17, 15) is 9.59 Å². The molecule has 1 amide bonds. The number of hydrogen-bond acceptors (Lipinski definition) is 4. The molecule has 32 heavy (non-hydrogen) atoms. The second-order valence-corrected chi connectivity index (χ2v) is 9.59. The van der Waals surface area contributed by atoms with E-state index in [0.29, 0.717) is 29.5 Å². The second kappa shape index (κ2) is 10.6. The zero-order chi connectivity index (χ0) is 22.5. The predicted molar refractivity (Wildman–Crippen MR) is 133 cm³/mol. The van der Waals surface area contributed by atoms with Gasteiger partial charge < -0.3 is 10.3 Å². The van der Waals surface area contributed by atoms with Crippen LogP contribution in [-0.2, 0) is 17.9 Å². The molecule has 0 saturated carbocycles. The number of H-pyrrole nitrogens is 1. The molecule has 0 bridgehead atoms. The minimum atomic E-state index is -0.128. The smallest absolute Gasteiger partial charge is 0.262 e. The first-order chi connectivity index (χ1) is 15.5. The SMILES string of the molecule is O=C(CCCn1c(=S)[nH]c2ccc(Br)cc2c1=O)NC1CCN(Cc2ccccc2)CC1. The number of likely N-dealkylation sites (tertiary alicyclic amines) is 1. The summed E-state index contributed by atoms with van der Waals surface area (Å²) >= 11 is 8.76. The van der Waals surface area contributed by atoms with Crippen LogP contribution in [0, 0.1) is 4.77 Å². The van der Waals surface area contributed by atoms with Gasteiger partial charge in [-0.3, -0.25) is 19.1 Å². The van der Waals surface area contributed by atoms with Gasteiger partial charge in [-0.1, -0.05) is 46.3 Å². The number of aromatic nitrogens is 2. The molecule has 0 unspecified atom stereocenters. The Kier molecular flexibility index (Phi) is 7.55. The van der Waals surface area contributed by atoms with Crippen LogP contribution in [0.3, 0.4) is 0 Å². The van der Waals surface area contributed by atoms with Crippen LogP contribution >= 0.6 is 28.1 Å². The number of nitrogens with zero attached hydrogens (tertiary/aromatic N) is 2. The fraction of sp³-hybridized carbons (Fsp3) is 0.375. The summed E-state index contributed by atoms with van der Waals surface area (Å²) < 4.78 is 2.77. The zero-order valence-corrected chi connectivity index (χ0v) is 20.3. The van der Waals surface area contributed by atoms with Crippen LogP contribution in [0.2, 0.25) is 0 Å². The highest BCUT2D eigenvalue weighted by Crippen LogP contribution is 2.16. The summed E-state index contributed by atoms with van der Waals surface area (Å²) in [6.45, 7) is 3.34. The van der Waals surface area contributed by atoms with Crippen molar-refractivity contribution in [1.29, 1.82) is 0 Å². The number of amides is 1. The van der Waals surface area contributed by atoms with Gasteiger partial charge in [0.05, 0.1) is 10.9 Å². The number of piperidine rings is 1. The maximum atomic E-state index is 12.8. The highest BCUT2D eigenvalue weighted by atomic mass is 79.9. The standard InChI is InChI=1S/C24H27BrN4O2S/c25-18-8-9-21-20(15-18)23(31)29(24(32)27-21)12-4-7-22(30)26-19-10-13-28(14-11-19)16-17-5-2-1-3-6-17/h1-3,5-6,8-9,15,19H,4,7,10-14,16H2,(H,26,30)(H,27,32). The van der Waals surface area contributed by atoms with E-state index in [1.165, 1.54) is 5.56 Å². The Labute approximate surface area is 200 Å². The van der Waals surface area contributed by atoms with E-state index >= 15 is 0 Å². The van der Waals surface area contributed by atoms with Crippen LogP contribution in [0.1, 0.15) is 31.2 Å². The summed E-state index contributed by atoms with van der Waals surface area (Å²) in [4.78, 5) is 30.8. The lowest BCUT2D eigenvalue weighted by atomic mass is 10.0. The molecule has 1 fully saturated rings. The molecule has 3 aromatic rings. The van der Waals surface area contributed by atoms with Crippen LogP contribution in [0.15, 0.2) is 57.8 Å². The minimum absolute atomic E-state index is 0.0398. The number of hydrogen-bond donors (Lipinski definition) is 2. The molecule has 2 aromatic carbocycles. The minimum Gasteiger partial charge on any atom is -0.353 e. The topological polar surface area (TPSA) is 70.1 Å². The van der Waals surface area contributed by atoms with Gasteiger partial charge >= 0.3 is 0 Å². The van der Waals surface area contributed by atoms with Crippen molar-refractivity contribution >= 4 is 45.0 Å². The molecule has 1 aromatic heterocycles. The third-order valence-corrected chi connectivity index (χ3v) is 6.75. The van der Waals surface area contributed by atoms with Crippen molar-refractivity contribution in [1.82, 2.24) is 19.8 Å². The molecule has 168 valence electrons. The Hall–Kier alpha value is -2.29. The number of carbonyl (C=O) groups excluding carboxylic acids is 1. The van der Waals surface area contributed by atoms with E-state index in [-0.39, 0.29) is 17.5 Å². The predicted octanol–water partition coefficient (Wildman–Crippen LogP) is 4.38. The van der Waals surface area contributed by atoms with Gasteiger partial charge in [-0.05, 0) is 55.2 Å². The molecule has 0 atom stereocenters. The van der Waals surface area contributed by atoms with E-state index in [2.05, 4.69) is 55.4 Å². The van der Waals surface area contributed by atoms with Crippen molar-refractivity contribution in [2.75, 3.05) is 13.1 Å². The van der Waals surface area contributed by atoms with Crippen molar-refractivity contribution in [3.05, 3.63) is 73.7 Å². The van der Waals surface area contributed by atoms with Crippen LogP contribution in [-0.4, -0.2) is 39.5 Å². The summed E-state index contributed by atoms with van der Waals surface area (Å²) in [5.41, 5.74) is 1.91. The average Bonchev–Trinajstić information content (AvgIpc) is 2.79. The molecular formula is C24H27BrN4O2S. The van der Waals surface area contributed by atoms with Gasteiger partial charge in [0.2, 0.25) is 5.91 Å². The number of rotatable bonds is 7. The summed E-state index contributed by atoms with van der Waals surface area (Å²) in [7, 11) is 0. The summed E-state index contributed by atoms with van der Waals surface area (Å²) in [6.07, 6.45) is 2.86. The summed E-state index contributed by atoms with van der Waals surface area (Å²) in [6, 6.07) is 16.2. The molecule has 6 nitrogen and oxygen atoms in total. The molecule has 1 aliphatic rings. The van der Waals surface area contributed by atoms with Crippen molar-refractivity contribution in [3.63, 3.8) is 0 Å². The van der Waals surface area contributed by atoms with E-state index in [1.807, 2.05) is 18.2 Å². The average molecular weight is 515 g/mol. The van der Waals surface area contributed by atoms with Crippen molar-refractivity contribution < 1.29 is 4.79 Å². The first-order valence-electron chi connectivity index (χ1n) is 11.0. The van der Waals surface area contributed by atoms with Gasteiger partial charge in [0.25, 0.3) is 5.56 Å². The highest BCUT2D eigenvalue weighted by Gasteiger charge is 2.20. The Bertz CT molecular complexity index is 1200. The van der Waals surface area contributed by atoms with Crippen LogP contribution < -0.4 is 10.9 Å². The quantitative estimate of drug-likeness (QED) is 0.459. The lowest BCUT2D eigenvalue weighted by Crippen LogP contribution is -2.44. The zero-order valence-electron chi connectivity index (χ0n) is 17.9. The van der Waals surface area contributed by atoms with E-state index in [1.54, 1.807) is 10.6 Å². The Morgan fingerprint density at radius 3 is 2.66 bits per heavy atom. The maximum absolute atomic E-state index is 12.8. The fourth-order valence-corrected chi connectivity index (χ4v) is 4.85. The van der Waals surface area contributed by atoms with Gasteiger partial charge in [0.15, 0.2) is 4.77 Å². The molecule has 1 aliphatic heterocycles. The number of nitrogens with one attached hydrogen (secondary N) is 2. The molecule has 8 heteroatoms. The van der Waals surface area contributed by atoms with E-state index in [4.69, 9.17) is 12.2 Å². The van der Waals surface area contributed by atoms with E-state index in [0.717, 1.165) is 42.5 Å². The van der Waals surface area contributed by atoms with E-state index < -0.39 is 0 Å². The summed E-state index contributed by atoms with van der Waals surface area (Å²) in [5, 5.41) is 3.75.